The molecule has 0 atom stereocenters. The highest BCUT2D eigenvalue weighted by molar-refractivity contribution is 5.91. The lowest BCUT2D eigenvalue weighted by atomic mass is 10.0. The van der Waals surface area contributed by atoms with E-state index in [9.17, 15) is 4.79 Å². The summed E-state index contributed by atoms with van der Waals surface area (Å²) in [6.07, 6.45) is 1.48. The first kappa shape index (κ1) is 17.3. The van der Waals surface area contributed by atoms with Crippen molar-refractivity contribution in [2.24, 2.45) is 5.92 Å². The van der Waals surface area contributed by atoms with Crippen LogP contribution in [0.15, 0.2) is 48.7 Å². The third-order valence-electron chi connectivity index (χ3n) is 4.95. The van der Waals surface area contributed by atoms with Crippen molar-refractivity contribution in [2.75, 3.05) is 24.5 Å². The van der Waals surface area contributed by atoms with Crippen LogP contribution >= 0.6 is 0 Å². The van der Waals surface area contributed by atoms with Gasteiger partial charge in [-0.25, -0.2) is 0 Å². The first-order chi connectivity index (χ1) is 14.2. The average Bonchev–Trinajstić information content (AvgIpc) is 3.35. The highest BCUT2D eigenvalue weighted by atomic mass is 16.2. The van der Waals surface area contributed by atoms with E-state index < -0.39 is 0 Å². The summed E-state index contributed by atoms with van der Waals surface area (Å²) in [7, 11) is 0. The molecule has 10 heteroatoms. The SMILES string of the molecule is Cc1nnc2ccc(N3CC(CNC(=O)c4cnn(-c5ccccc5)n4)C3)nn12. The summed E-state index contributed by atoms with van der Waals surface area (Å²) in [5, 5.41) is 24.0. The third-order valence-corrected chi connectivity index (χ3v) is 4.95. The molecule has 0 aliphatic carbocycles. The maximum Gasteiger partial charge on any atom is 0.273 e. The monoisotopic (exact) mass is 389 g/mol. The van der Waals surface area contributed by atoms with E-state index in [1.54, 1.807) is 4.52 Å². The predicted octanol–water partition coefficient (Wildman–Crippen LogP) is 0.880. The predicted molar refractivity (Wildman–Crippen MR) is 105 cm³/mol. The Labute approximate surface area is 166 Å². The summed E-state index contributed by atoms with van der Waals surface area (Å²) in [6.45, 7) is 4.12. The van der Waals surface area contributed by atoms with Crippen LogP contribution in [0, 0.1) is 12.8 Å². The second-order valence-electron chi connectivity index (χ2n) is 7.04. The van der Waals surface area contributed by atoms with Gasteiger partial charge in [0.2, 0.25) is 0 Å². The number of carbonyl (C=O) groups excluding carboxylic acids is 1. The van der Waals surface area contributed by atoms with Crippen LogP contribution in [-0.2, 0) is 0 Å². The van der Waals surface area contributed by atoms with Gasteiger partial charge in [0.05, 0.1) is 11.9 Å². The number of carbonyl (C=O) groups is 1. The summed E-state index contributed by atoms with van der Waals surface area (Å²) in [5.74, 6) is 1.79. The largest absolute Gasteiger partial charge is 0.354 e. The molecule has 10 nitrogen and oxygen atoms in total. The molecular weight excluding hydrogens is 370 g/mol. The maximum atomic E-state index is 12.4. The van der Waals surface area contributed by atoms with Gasteiger partial charge in [-0.15, -0.1) is 20.4 Å². The highest BCUT2D eigenvalue weighted by Crippen LogP contribution is 2.22. The lowest BCUT2D eigenvalue weighted by Gasteiger charge is -2.40. The van der Waals surface area contributed by atoms with E-state index in [-0.39, 0.29) is 5.91 Å². The van der Waals surface area contributed by atoms with Crippen LogP contribution in [0.1, 0.15) is 16.3 Å². The van der Waals surface area contributed by atoms with E-state index in [4.69, 9.17) is 0 Å². The molecule has 1 amide bonds. The number of hydrogen-bond acceptors (Lipinski definition) is 7. The highest BCUT2D eigenvalue weighted by Gasteiger charge is 2.28. The molecule has 1 N–H and O–H groups in total. The van der Waals surface area contributed by atoms with Crippen LogP contribution in [0.3, 0.4) is 0 Å². The fraction of sp³-hybridized carbons (Fsp3) is 0.263. The van der Waals surface area contributed by atoms with Crippen molar-refractivity contribution < 1.29 is 4.79 Å². The van der Waals surface area contributed by atoms with E-state index in [1.165, 1.54) is 11.0 Å². The topological polar surface area (TPSA) is 106 Å². The molecule has 0 unspecified atom stereocenters. The van der Waals surface area contributed by atoms with E-state index in [0.29, 0.717) is 18.2 Å². The fourth-order valence-corrected chi connectivity index (χ4v) is 3.32. The minimum absolute atomic E-state index is 0.217. The number of rotatable bonds is 5. The molecule has 0 spiro atoms. The zero-order valence-corrected chi connectivity index (χ0v) is 15.8. The van der Waals surface area contributed by atoms with Crippen molar-refractivity contribution in [1.82, 2.24) is 40.1 Å². The molecule has 5 rings (SSSR count). The van der Waals surface area contributed by atoms with Gasteiger partial charge in [0.15, 0.2) is 17.2 Å². The normalized spacial score (nSPS) is 14.2. The number of anilines is 1. The van der Waals surface area contributed by atoms with Crippen molar-refractivity contribution in [3.63, 3.8) is 0 Å². The first-order valence-corrected chi connectivity index (χ1v) is 9.37. The molecule has 1 fully saturated rings. The van der Waals surface area contributed by atoms with Crippen LogP contribution in [0.5, 0.6) is 0 Å². The van der Waals surface area contributed by atoms with Crippen LogP contribution in [0.25, 0.3) is 11.3 Å². The molecule has 29 heavy (non-hydrogen) atoms. The van der Waals surface area contributed by atoms with Crippen LogP contribution in [0.2, 0.25) is 0 Å². The van der Waals surface area contributed by atoms with Gasteiger partial charge < -0.3 is 10.2 Å². The van der Waals surface area contributed by atoms with Gasteiger partial charge in [-0.05, 0) is 31.2 Å². The maximum absolute atomic E-state index is 12.4. The number of benzene rings is 1. The van der Waals surface area contributed by atoms with Gasteiger partial charge in [-0.1, -0.05) is 18.2 Å². The van der Waals surface area contributed by atoms with Gasteiger partial charge in [0, 0.05) is 25.6 Å². The summed E-state index contributed by atoms with van der Waals surface area (Å²) >= 11 is 0. The zero-order valence-electron chi connectivity index (χ0n) is 15.8. The van der Waals surface area contributed by atoms with Crippen LogP contribution in [0.4, 0.5) is 5.82 Å². The van der Waals surface area contributed by atoms with Crippen molar-refractivity contribution in [3.8, 4) is 5.69 Å². The Hall–Kier alpha value is -3.82. The van der Waals surface area contributed by atoms with E-state index in [2.05, 4.69) is 35.7 Å². The lowest BCUT2D eigenvalue weighted by molar-refractivity contribution is 0.0939. The number of fused-ring (bicyclic) bond motifs is 1. The molecule has 1 aliphatic rings. The van der Waals surface area contributed by atoms with E-state index in [1.807, 2.05) is 49.4 Å². The quantitative estimate of drug-likeness (QED) is 0.540. The summed E-state index contributed by atoms with van der Waals surface area (Å²) < 4.78 is 1.74. The minimum atomic E-state index is -0.217. The van der Waals surface area contributed by atoms with Crippen LogP contribution in [-0.4, -0.2) is 60.3 Å². The molecule has 4 aromatic rings. The second kappa shape index (κ2) is 6.97. The van der Waals surface area contributed by atoms with Crippen molar-refractivity contribution >= 4 is 17.4 Å². The molecule has 4 heterocycles. The zero-order chi connectivity index (χ0) is 19.8. The molecule has 0 radical (unpaired) electrons. The number of para-hydroxylation sites is 1. The molecule has 146 valence electrons. The van der Waals surface area contributed by atoms with Gasteiger partial charge in [-0.2, -0.15) is 14.4 Å². The smallest absolute Gasteiger partial charge is 0.273 e. The number of aryl methyl sites for hydroxylation is 1. The molecule has 0 bridgehead atoms. The van der Waals surface area contributed by atoms with E-state index in [0.717, 1.165) is 36.1 Å². The first-order valence-electron chi connectivity index (χ1n) is 9.37. The van der Waals surface area contributed by atoms with Crippen molar-refractivity contribution in [2.45, 2.75) is 6.92 Å². The molecule has 3 aromatic heterocycles. The Balaban J connectivity index is 1.15. The second-order valence-corrected chi connectivity index (χ2v) is 7.04. The summed E-state index contributed by atoms with van der Waals surface area (Å²) in [6, 6.07) is 13.3. The molecule has 1 saturated heterocycles. The van der Waals surface area contributed by atoms with Gasteiger partial charge in [0.1, 0.15) is 5.82 Å². The summed E-state index contributed by atoms with van der Waals surface area (Å²) in [4.78, 5) is 16.0. The molecule has 1 aliphatic heterocycles. The summed E-state index contributed by atoms with van der Waals surface area (Å²) in [5.41, 5.74) is 1.85. The molecular formula is C19H19N9O. The van der Waals surface area contributed by atoms with Crippen LogP contribution < -0.4 is 10.2 Å². The average molecular weight is 389 g/mol. The number of nitrogens with zero attached hydrogens (tertiary/aromatic N) is 8. The van der Waals surface area contributed by atoms with Gasteiger partial charge in [-0.3, -0.25) is 4.79 Å². The third kappa shape index (κ3) is 3.28. The Kier molecular flexibility index (Phi) is 4.15. The minimum Gasteiger partial charge on any atom is -0.354 e. The van der Waals surface area contributed by atoms with Crippen molar-refractivity contribution in [3.05, 3.63) is 60.2 Å². The van der Waals surface area contributed by atoms with Crippen molar-refractivity contribution in [1.29, 1.82) is 0 Å². The Morgan fingerprint density at radius 2 is 1.93 bits per heavy atom. The number of hydrogen-bond donors (Lipinski definition) is 1. The Bertz CT molecular complexity index is 1160. The number of amides is 1. The molecule has 0 saturated carbocycles. The number of nitrogens with one attached hydrogen (secondary N) is 1. The molecule has 1 aromatic carbocycles. The number of aromatic nitrogens is 7. The lowest BCUT2D eigenvalue weighted by Crippen LogP contribution is -2.52. The Morgan fingerprint density at radius 1 is 1.10 bits per heavy atom. The Morgan fingerprint density at radius 3 is 2.76 bits per heavy atom. The van der Waals surface area contributed by atoms with E-state index >= 15 is 0 Å². The fourth-order valence-electron chi connectivity index (χ4n) is 3.32. The van der Waals surface area contributed by atoms with Gasteiger partial charge >= 0.3 is 0 Å². The standard InChI is InChI=1S/C19H19N9O/c1-13-22-23-17-7-8-18(25-27(13)17)26-11-14(12-26)9-20-19(29)16-10-21-28(24-16)15-5-3-2-4-6-15/h2-8,10,14H,9,11-12H2,1H3,(H,20,29). The van der Waals surface area contributed by atoms with Gasteiger partial charge in [0.25, 0.3) is 5.91 Å².